The molecule has 0 spiro atoms. The lowest BCUT2D eigenvalue weighted by Crippen LogP contribution is -2.23. The Morgan fingerprint density at radius 1 is 1.32 bits per heavy atom. The number of aryl methyl sites for hydroxylation is 1. The van der Waals surface area contributed by atoms with Gasteiger partial charge in [-0.2, -0.15) is 0 Å². The normalized spacial score (nSPS) is 14.5. The van der Waals surface area contributed by atoms with Gasteiger partial charge in [-0.1, -0.05) is 11.8 Å². The molecule has 0 radical (unpaired) electrons. The molecule has 2 aromatic rings. The zero-order chi connectivity index (χ0) is 20.1. The van der Waals surface area contributed by atoms with E-state index in [-0.39, 0.29) is 23.5 Å². The Kier molecular flexibility index (Phi) is 6.56. The Bertz CT molecular complexity index is 833. The number of anilines is 1. The number of ether oxygens (including phenoxy) is 1. The second-order valence-corrected chi connectivity index (χ2v) is 7.98. The summed E-state index contributed by atoms with van der Waals surface area (Å²) < 4.78 is 7.46. The van der Waals surface area contributed by atoms with Gasteiger partial charge in [0.2, 0.25) is 11.8 Å². The van der Waals surface area contributed by atoms with E-state index in [1.54, 1.807) is 0 Å². The standard InChI is InChI=1S/C19H25N5O3S/c1-3-27-15-8-4-13(5-9-15)21-18(26)12(2)28-19-23-22-17(11-10-16(20)25)24(19)14-6-7-14/h4-5,8-9,12,14H,3,6-7,10-11H2,1-2H3,(H2,20,25)(H,21,26). The molecule has 1 unspecified atom stereocenters. The third-order valence-electron chi connectivity index (χ3n) is 4.33. The number of carbonyl (C=O) groups excluding carboxylic acids is 2. The number of hydrogen-bond acceptors (Lipinski definition) is 6. The van der Waals surface area contributed by atoms with E-state index in [4.69, 9.17) is 10.5 Å². The quantitative estimate of drug-likeness (QED) is 0.590. The summed E-state index contributed by atoms with van der Waals surface area (Å²) in [6.45, 7) is 4.36. The second kappa shape index (κ2) is 9.09. The van der Waals surface area contributed by atoms with Gasteiger partial charge in [0, 0.05) is 24.6 Å². The molecular formula is C19H25N5O3S. The number of benzene rings is 1. The Labute approximate surface area is 168 Å². The van der Waals surface area contributed by atoms with Crippen LogP contribution >= 0.6 is 11.8 Å². The molecule has 28 heavy (non-hydrogen) atoms. The summed E-state index contributed by atoms with van der Waals surface area (Å²) in [5.74, 6) is 1.05. The van der Waals surface area contributed by atoms with Crippen LogP contribution < -0.4 is 15.8 Å². The van der Waals surface area contributed by atoms with Crippen LogP contribution in [0.1, 0.15) is 45.0 Å². The van der Waals surface area contributed by atoms with Crippen molar-refractivity contribution >= 4 is 29.3 Å². The zero-order valence-electron chi connectivity index (χ0n) is 16.1. The van der Waals surface area contributed by atoms with Gasteiger partial charge in [0.1, 0.15) is 11.6 Å². The maximum absolute atomic E-state index is 12.6. The summed E-state index contributed by atoms with van der Waals surface area (Å²) in [6.07, 6.45) is 2.82. The van der Waals surface area contributed by atoms with E-state index in [9.17, 15) is 9.59 Å². The van der Waals surface area contributed by atoms with Crippen LogP contribution in [0.5, 0.6) is 5.75 Å². The number of rotatable bonds is 10. The molecular weight excluding hydrogens is 378 g/mol. The molecule has 1 aliphatic carbocycles. The molecule has 1 aliphatic rings. The highest BCUT2D eigenvalue weighted by Gasteiger charge is 2.31. The predicted octanol–water partition coefficient (Wildman–Crippen LogP) is 2.55. The van der Waals surface area contributed by atoms with Gasteiger partial charge in [0.05, 0.1) is 11.9 Å². The van der Waals surface area contributed by atoms with Gasteiger partial charge in [-0.05, 0) is 51.0 Å². The van der Waals surface area contributed by atoms with Crippen molar-refractivity contribution in [2.75, 3.05) is 11.9 Å². The highest BCUT2D eigenvalue weighted by atomic mass is 32.2. The number of hydrogen-bond donors (Lipinski definition) is 2. The molecule has 3 N–H and O–H groups in total. The summed E-state index contributed by atoms with van der Waals surface area (Å²) in [7, 11) is 0. The molecule has 1 fully saturated rings. The highest BCUT2D eigenvalue weighted by molar-refractivity contribution is 8.00. The maximum Gasteiger partial charge on any atom is 0.237 e. The fraction of sp³-hybridized carbons (Fsp3) is 0.474. The van der Waals surface area contributed by atoms with E-state index < -0.39 is 0 Å². The lowest BCUT2D eigenvalue weighted by molar-refractivity contribution is -0.118. The van der Waals surface area contributed by atoms with Crippen molar-refractivity contribution in [1.29, 1.82) is 0 Å². The van der Waals surface area contributed by atoms with Crippen molar-refractivity contribution in [3.8, 4) is 5.75 Å². The topological polar surface area (TPSA) is 112 Å². The Hall–Kier alpha value is -2.55. The Balaban J connectivity index is 1.62. The van der Waals surface area contributed by atoms with Crippen molar-refractivity contribution in [1.82, 2.24) is 14.8 Å². The fourth-order valence-corrected chi connectivity index (χ4v) is 3.69. The van der Waals surface area contributed by atoms with E-state index in [0.717, 1.165) is 24.4 Å². The average molecular weight is 404 g/mol. The van der Waals surface area contributed by atoms with Crippen LogP contribution in [0.4, 0.5) is 5.69 Å². The van der Waals surface area contributed by atoms with E-state index >= 15 is 0 Å². The van der Waals surface area contributed by atoms with E-state index in [2.05, 4.69) is 15.5 Å². The SMILES string of the molecule is CCOc1ccc(NC(=O)C(C)Sc2nnc(CCC(N)=O)n2C2CC2)cc1. The Morgan fingerprint density at radius 2 is 2.04 bits per heavy atom. The fourth-order valence-electron chi connectivity index (χ4n) is 2.75. The summed E-state index contributed by atoms with van der Waals surface area (Å²) in [5.41, 5.74) is 5.96. The molecule has 1 aromatic carbocycles. The maximum atomic E-state index is 12.6. The third-order valence-corrected chi connectivity index (χ3v) is 5.38. The highest BCUT2D eigenvalue weighted by Crippen LogP contribution is 2.39. The van der Waals surface area contributed by atoms with Gasteiger partial charge in [0.15, 0.2) is 5.16 Å². The van der Waals surface area contributed by atoms with Crippen LogP contribution in [-0.2, 0) is 16.0 Å². The van der Waals surface area contributed by atoms with Crippen molar-refractivity contribution < 1.29 is 14.3 Å². The van der Waals surface area contributed by atoms with Gasteiger partial charge in [0.25, 0.3) is 0 Å². The number of thioether (sulfide) groups is 1. The lowest BCUT2D eigenvalue weighted by Gasteiger charge is -2.13. The Morgan fingerprint density at radius 3 is 2.64 bits per heavy atom. The van der Waals surface area contributed by atoms with E-state index in [1.165, 1.54) is 11.8 Å². The number of nitrogens with zero attached hydrogens (tertiary/aromatic N) is 3. The molecule has 150 valence electrons. The molecule has 0 saturated heterocycles. The third kappa shape index (κ3) is 5.25. The molecule has 0 bridgehead atoms. The minimum atomic E-state index is -0.359. The van der Waals surface area contributed by atoms with Gasteiger partial charge in [-0.15, -0.1) is 10.2 Å². The van der Waals surface area contributed by atoms with Gasteiger partial charge in [-0.3, -0.25) is 9.59 Å². The van der Waals surface area contributed by atoms with Crippen LogP contribution in [0.3, 0.4) is 0 Å². The minimum absolute atomic E-state index is 0.113. The smallest absolute Gasteiger partial charge is 0.237 e. The van der Waals surface area contributed by atoms with Crippen molar-refractivity contribution in [2.45, 2.75) is 56.0 Å². The molecule has 1 aromatic heterocycles. The second-order valence-electron chi connectivity index (χ2n) is 6.67. The first kappa shape index (κ1) is 20.2. The molecule has 1 saturated carbocycles. The molecule has 1 atom stereocenters. The summed E-state index contributed by atoms with van der Waals surface area (Å²) in [6, 6.07) is 7.63. The average Bonchev–Trinajstić information content (AvgIpc) is 3.43. The summed E-state index contributed by atoms with van der Waals surface area (Å²) in [5, 5.41) is 11.7. The van der Waals surface area contributed by atoms with Gasteiger partial charge >= 0.3 is 0 Å². The molecule has 2 amide bonds. The van der Waals surface area contributed by atoms with Crippen LogP contribution in [0, 0.1) is 0 Å². The predicted molar refractivity (Wildman–Crippen MR) is 107 cm³/mol. The van der Waals surface area contributed by atoms with E-state index in [0.29, 0.717) is 29.9 Å². The number of nitrogens with one attached hydrogen (secondary N) is 1. The van der Waals surface area contributed by atoms with Crippen molar-refractivity contribution in [2.24, 2.45) is 5.73 Å². The largest absolute Gasteiger partial charge is 0.494 e. The van der Waals surface area contributed by atoms with Crippen molar-refractivity contribution in [3.63, 3.8) is 0 Å². The van der Waals surface area contributed by atoms with Crippen LogP contribution in [0.15, 0.2) is 29.4 Å². The molecule has 0 aliphatic heterocycles. The van der Waals surface area contributed by atoms with Crippen molar-refractivity contribution in [3.05, 3.63) is 30.1 Å². The van der Waals surface area contributed by atoms with Crippen LogP contribution in [0.25, 0.3) is 0 Å². The van der Waals surface area contributed by atoms with E-state index in [1.807, 2.05) is 42.7 Å². The number of nitrogens with two attached hydrogens (primary N) is 1. The van der Waals surface area contributed by atoms with Gasteiger partial charge in [-0.25, -0.2) is 0 Å². The first-order valence-corrected chi connectivity index (χ1v) is 10.3. The molecule has 1 heterocycles. The first-order valence-electron chi connectivity index (χ1n) is 9.40. The summed E-state index contributed by atoms with van der Waals surface area (Å²) >= 11 is 1.37. The number of carbonyl (C=O) groups is 2. The first-order chi connectivity index (χ1) is 13.5. The lowest BCUT2D eigenvalue weighted by atomic mass is 10.3. The minimum Gasteiger partial charge on any atom is -0.494 e. The number of aromatic nitrogens is 3. The zero-order valence-corrected chi connectivity index (χ0v) is 16.9. The number of primary amides is 1. The number of amides is 2. The molecule has 3 rings (SSSR count). The molecule has 8 nitrogen and oxygen atoms in total. The summed E-state index contributed by atoms with van der Waals surface area (Å²) in [4.78, 5) is 23.6. The van der Waals surface area contributed by atoms with Crippen LogP contribution in [-0.4, -0.2) is 38.4 Å². The van der Waals surface area contributed by atoms with Crippen LogP contribution in [0.2, 0.25) is 0 Å². The monoisotopic (exact) mass is 403 g/mol. The molecule has 9 heteroatoms. The van der Waals surface area contributed by atoms with Gasteiger partial charge < -0.3 is 20.4 Å².